The zero-order chi connectivity index (χ0) is 13.8. The van der Waals surface area contributed by atoms with Gasteiger partial charge in [-0.05, 0) is 31.2 Å². The lowest BCUT2D eigenvalue weighted by Gasteiger charge is -2.24. The molecule has 19 heavy (non-hydrogen) atoms. The molecule has 2 rings (SSSR count). The third-order valence-corrected chi connectivity index (χ3v) is 2.85. The molecule has 0 aliphatic heterocycles. The smallest absolute Gasteiger partial charge is 0.146 e. The first kappa shape index (κ1) is 13.0. The van der Waals surface area contributed by atoms with E-state index in [9.17, 15) is 8.78 Å². The maximum Gasteiger partial charge on any atom is 0.146 e. The van der Waals surface area contributed by atoms with Gasteiger partial charge < -0.3 is 4.90 Å². The lowest BCUT2D eigenvalue weighted by molar-refractivity contribution is 0.619. The largest absolute Gasteiger partial charge is 0.338 e. The molecule has 0 heterocycles. The van der Waals surface area contributed by atoms with Crippen LogP contribution in [-0.4, -0.2) is 6.54 Å². The van der Waals surface area contributed by atoms with Gasteiger partial charge >= 0.3 is 0 Å². The number of halogens is 2. The van der Waals surface area contributed by atoms with Crippen molar-refractivity contribution in [2.75, 3.05) is 11.4 Å². The van der Waals surface area contributed by atoms with Crippen molar-refractivity contribution in [3.05, 3.63) is 59.7 Å². The number of benzene rings is 2. The average molecular weight is 258 g/mol. The number of para-hydroxylation sites is 1. The maximum absolute atomic E-state index is 13.8. The highest BCUT2D eigenvalue weighted by molar-refractivity contribution is 5.69. The Morgan fingerprint density at radius 1 is 1.00 bits per heavy atom. The Kier molecular flexibility index (Phi) is 3.76. The quantitative estimate of drug-likeness (QED) is 0.832. The van der Waals surface area contributed by atoms with Crippen molar-refractivity contribution in [3.63, 3.8) is 0 Å². The Hall–Kier alpha value is -2.41. The van der Waals surface area contributed by atoms with Crippen molar-refractivity contribution in [3.8, 4) is 6.07 Å². The van der Waals surface area contributed by atoms with Gasteiger partial charge in [0.25, 0.3) is 0 Å². The van der Waals surface area contributed by atoms with E-state index in [-0.39, 0.29) is 5.56 Å². The highest BCUT2D eigenvalue weighted by atomic mass is 19.1. The molecular formula is C15H12F2N2. The van der Waals surface area contributed by atoms with Crippen LogP contribution in [0, 0.1) is 23.0 Å². The molecule has 2 aromatic rings. The van der Waals surface area contributed by atoms with Crippen LogP contribution in [0.2, 0.25) is 0 Å². The summed E-state index contributed by atoms with van der Waals surface area (Å²) in [5.74, 6) is -1.01. The van der Waals surface area contributed by atoms with Crippen molar-refractivity contribution in [2.45, 2.75) is 6.92 Å². The molecule has 0 saturated heterocycles. The van der Waals surface area contributed by atoms with Crippen LogP contribution in [0.5, 0.6) is 0 Å². The Morgan fingerprint density at radius 3 is 2.26 bits per heavy atom. The van der Waals surface area contributed by atoms with Gasteiger partial charge in [0.2, 0.25) is 0 Å². The van der Waals surface area contributed by atoms with Gasteiger partial charge in [-0.2, -0.15) is 5.26 Å². The lowest BCUT2D eigenvalue weighted by atomic mass is 10.1. The predicted octanol–water partition coefficient (Wildman–Crippen LogP) is 3.99. The van der Waals surface area contributed by atoms with Crippen LogP contribution in [0.25, 0.3) is 0 Å². The van der Waals surface area contributed by atoms with Gasteiger partial charge in [-0.15, -0.1) is 0 Å². The van der Waals surface area contributed by atoms with E-state index in [0.717, 1.165) is 0 Å². The summed E-state index contributed by atoms with van der Waals surface area (Å²) in [5, 5.41) is 9.05. The summed E-state index contributed by atoms with van der Waals surface area (Å²) in [7, 11) is 0. The van der Waals surface area contributed by atoms with E-state index in [4.69, 9.17) is 5.26 Å². The first-order valence-electron chi connectivity index (χ1n) is 5.89. The van der Waals surface area contributed by atoms with E-state index in [1.54, 1.807) is 29.2 Å². The van der Waals surface area contributed by atoms with E-state index in [2.05, 4.69) is 0 Å². The fourth-order valence-corrected chi connectivity index (χ4v) is 1.99. The molecule has 0 aliphatic carbocycles. The van der Waals surface area contributed by atoms with E-state index < -0.39 is 11.6 Å². The van der Waals surface area contributed by atoms with Crippen LogP contribution in [0.4, 0.5) is 20.2 Å². The molecule has 0 aromatic heterocycles. The maximum atomic E-state index is 13.8. The topological polar surface area (TPSA) is 27.0 Å². The molecule has 2 nitrogen and oxygen atoms in total. The first-order valence-corrected chi connectivity index (χ1v) is 5.89. The van der Waals surface area contributed by atoms with Crippen LogP contribution in [0.15, 0.2) is 42.5 Å². The minimum absolute atomic E-state index is 0.0763. The van der Waals surface area contributed by atoms with Gasteiger partial charge in [0.15, 0.2) is 0 Å². The number of rotatable bonds is 3. The third kappa shape index (κ3) is 2.41. The summed E-state index contributed by atoms with van der Waals surface area (Å²) in [5.41, 5.74) is 0.620. The zero-order valence-electron chi connectivity index (χ0n) is 10.4. The molecule has 0 radical (unpaired) electrons. The standard InChI is InChI=1S/C15H12F2N2/c1-2-19(15-8-4-3-6-13(15)17)14-9-5-7-12(16)11(14)10-18/h3-9H,2H2,1H3. The van der Waals surface area contributed by atoms with E-state index in [0.29, 0.717) is 17.9 Å². The molecule has 0 saturated carbocycles. The molecule has 0 fully saturated rings. The molecule has 96 valence electrons. The second-order valence-electron chi connectivity index (χ2n) is 3.94. The molecule has 0 amide bonds. The van der Waals surface area contributed by atoms with Crippen LogP contribution in [0.1, 0.15) is 12.5 Å². The van der Waals surface area contributed by atoms with Gasteiger partial charge in [-0.3, -0.25) is 0 Å². The minimum Gasteiger partial charge on any atom is -0.338 e. The number of hydrogen-bond donors (Lipinski definition) is 0. The van der Waals surface area contributed by atoms with Gasteiger partial charge in [0.05, 0.1) is 11.4 Å². The van der Waals surface area contributed by atoms with Crippen LogP contribution in [-0.2, 0) is 0 Å². The fraction of sp³-hybridized carbons (Fsp3) is 0.133. The number of anilines is 2. The molecule has 2 aromatic carbocycles. The molecule has 0 N–H and O–H groups in total. The minimum atomic E-state index is -0.602. The van der Waals surface area contributed by atoms with Crippen LogP contribution >= 0.6 is 0 Å². The van der Waals surface area contributed by atoms with E-state index in [1.807, 2.05) is 13.0 Å². The summed E-state index contributed by atoms with van der Waals surface area (Å²) in [6.07, 6.45) is 0. The van der Waals surface area contributed by atoms with Crippen molar-refractivity contribution in [2.24, 2.45) is 0 Å². The summed E-state index contributed by atoms with van der Waals surface area (Å²) >= 11 is 0. The van der Waals surface area contributed by atoms with Crippen molar-refractivity contribution in [1.29, 1.82) is 5.26 Å². The number of nitriles is 1. The number of hydrogen-bond acceptors (Lipinski definition) is 2. The van der Waals surface area contributed by atoms with Crippen LogP contribution < -0.4 is 4.90 Å². The third-order valence-electron chi connectivity index (χ3n) is 2.85. The van der Waals surface area contributed by atoms with Gasteiger partial charge in [-0.1, -0.05) is 18.2 Å². The Labute approximate surface area is 110 Å². The highest BCUT2D eigenvalue weighted by Crippen LogP contribution is 2.30. The Morgan fingerprint density at radius 2 is 1.63 bits per heavy atom. The monoisotopic (exact) mass is 258 g/mol. The van der Waals surface area contributed by atoms with E-state index >= 15 is 0 Å². The number of nitrogens with zero attached hydrogens (tertiary/aromatic N) is 2. The van der Waals surface area contributed by atoms with Crippen molar-refractivity contribution < 1.29 is 8.78 Å². The Bertz CT molecular complexity index is 632. The molecule has 0 atom stereocenters. The molecule has 0 spiro atoms. The summed E-state index contributed by atoms with van der Waals surface area (Å²) in [6.45, 7) is 2.25. The first-order chi connectivity index (χ1) is 9.19. The summed E-state index contributed by atoms with van der Waals surface area (Å²) in [6, 6.07) is 12.4. The SMILES string of the molecule is CCN(c1ccccc1F)c1cccc(F)c1C#N. The van der Waals surface area contributed by atoms with E-state index in [1.165, 1.54) is 18.2 Å². The van der Waals surface area contributed by atoms with Crippen LogP contribution in [0.3, 0.4) is 0 Å². The summed E-state index contributed by atoms with van der Waals surface area (Å²) in [4.78, 5) is 1.58. The second-order valence-corrected chi connectivity index (χ2v) is 3.94. The average Bonchev–Trinajstić information content (AvgIpc) is 2.42. The lowest BCUT2D eigenvalue weighted by Crippen LogP contribution is -2.19. The molecule has 0 bridgehead atoms. The molecule has 0 aliphatic rings. The van der Waals surface area contributed by atoms with Gasteiger partial charge in [0, 0.05) is 6.54 Å². The second kappa shape index (κ2) is 5.49. The fourth-order valence-electron chi connectivity index (χ4n) is 1.99. The van der Waals surface area contributed by atoms with Crippen molar-refractivity contribution >= 4 is 11.4 Å². The molecule has 4 heteroatoms. The molecule has 0 unspecified atom stereocenters. The Balaban J connectivity index is 2.59. The summed E-state index contributed by atoms with van der Waals surface area (Å²) < 4.78 is 27.5. The zero-order valence-corrected chi connectivity index (χ0v) is 10.4. The normalized spacial score (nSPS) is 10.0. The molecular weight excluding hydrogens is 246 g/mol. The van der Waals surface area contributed by atoms with Gasteiger partial charge in [-0.25, -0.2) is 8.78 Å². The highest BCUT2D eigenvalue weighted by Gasteiger charge is 2.17. The van der Waals surface area contributed by atoms with Gasteiger partial charge in [0.1, 0.15) is 23.3 Å². The predicted molar refractivity (Wildman–Crippen MR) is 70.2 cm³/mol. The van der Waals surface area contributed by atoms with Crippen molar-refractivity contribution in [1.82, 2.24) is 0 Å².